The van der Waals surface area contributed by atoms with Gasteiger partial charge in [-0.1, -0.05) is 59.8 Å². The van der Waals surface area contributed by atoms with Gasteiger partial charge in [-0.15, -0.1) is 4.91 Å². The number of nitrogens with one attached hydrogen (secondary N) is 1. The minimum atomic E-state index is -1.46. The monoisotopic (exact) mass is 590 g/mol. The first-order valence-corrected chi connectivity index (χ1v) is 13.3. The zero-order valence-corrected chi connectivity index (χ0v) is 22.9. The van der Waals surface area contributed by atoms with E-state index in [2.05, 4.69) is 10.5 Å². The van der Waals surface area contributed by atoms with E-state index in [1.807, 2.05) is 30.3 Å². The van der Waals surface area contributed by atoms with Crippen molar-refractivity contribution in [1.29, 1.82) is 0 Å². The van der Waals surface area contributed by atoms with Crippen LogP contribution >= 0.6 is 0 Å². The van der Waals surface area contributed by atoms with Gasteiger partial charge in [0.2, 0.25) is 5.91 Å². The van der Waals surface area contributed by atoms with Gasteiger partial charge in [-0.3, -0.25) is 14.4 Å². The topological polar surface area (TPSA) is 198 Å². The quantitative estimate of drug-likeness (QED) is 0.151. The number of hydrogen-bond acceptors (Lipinski definition) is 9. The van der Waals surface area contributed by atoms with E-state index in [0.717, 1.165) is 10.5 Å². The molecule has 4 unspecified atom stereocenters. The predicted molar refractivity (Wildman–Crippen MR) is 152 cm³/mol. The van der Waals surface area contributed by atoms with Gasteiger partial charge in [0.25, 0.3) is 5.91 Å². The number of carbonyl (C=O) groups excluding carboxylic acids is 2. The molecule has 0 aromatic heterocycles. The summed E-state index contributed by atoms with van der Waals surface area (Å²) in [6.07, 6.45) is 0.0850. The average molecular weight is 591 g/mol. The van der Waals surface area contributed by atoms with Crippen LogP contribution in [0.2, 0.25) is 0 Å². The first-order valence-electron chi connectivity index (χ1n) is 13.3. The van der Waals surface area contributed by atoms with Crippen LogP contribution in [0.3, 0.4) is 0 Å². The van der Waals surface area contributed by atoms with Crippen molar-refractivity contribution < 1.29 is 38.9 Å². The summed E-state index contributed by atoms with van der Waals surface area (Å²) in [7, 11) is 0. The number of carboxylic acids is 2. The van der Waals surface area contributed by atoms with Gasteiger partial charge in [-0.2, -0.15) is 0 Å². The minimum absolute atomic E-state index is 0.0481. The fourth-order valence-corrected chi connectivity index (χ4v) is 4.42. The Kier molecular flexibility index (Phi) is 10.0. The second kappa shape index (κ2) is 14.0. The Labute approximate surface area is 246 Å². The van der Waals surface area contributed by atoms with Crippen molar-refractivity contribution in [2.75, 3.05) is 13.2 Å². The molecule has 0 radical (unpaired) electrons. The third-order valence-corrected chi connectivity index (χ3v) is 6.83. The average Bonchev–Trinajstić information content (AvgIpc) is 3.01. The lowest BCUT2D eigenvalue weighted by Gasteiger charge is -2.42. The summed E-state index contributed by atoms with van der Waals surface area (Å²) in [5, 5.41) is 24.0. The largest absolute Gasteiger partial charge is 0.494 e. The van der Waals surface area contributed by atoms with Crippen molar-refractivity contribution in [2.24, 2.45) is 10.9 Å². The predicted octanol–water partition coefficient (Wildman–Crippen LogP) is 2.41. The molecule has 0 aliphatic carbocycles. The SMILES string of the molecule is NC(CCOc1ccc(C(N=O)C(=O)NC2CN(C(C(=O)O)c3ccc(OCc4ccccc4)cc3)C2=O)cc1)C(=O)O. The van der Waals surface area contributed by atoms with Gasteiger partial charge in [0.15, 0.2) is 12.1 Å². The maximum absolute atomic E-state index is 12.9. The molecule has 5 N–H and O–H groups in total. The highest BCUT2D eigenvalue weighted by molar-refractivity contribution is 5.96. The first-order chi connectivity index (χ1) is 20.7. The molecule has 0 spiro atoms. The van der Waals surface area contributed by atoms with Crippen molar-refractivity contribution in [1.82, 2.24) is 10.2 Å². The molecular formula is C30H30N4O9. The lowest BCUT2D eigenvalue weighted by Crippen LogP contribution is -2.65. The van der Waals surface area contributed by atoms with Crippen LogP contribution in [0, 0.1) is 4.91 Å². The minimum Gasteiger partial charge on any atom is -0.494 e. The van der Waals surface area contributed by atoms with Crippen LogP contribution in [0.4, 0.5) is 0 Å². The molecule has 1 aliphatic rings. The smallest absolute Gasteiger partial charge is 0.331 e. The fraction of sp³-hybridized carbons (Fsp3) is 0.267. The molecule has 224 valence electrons. The molecule has 0 saturated carbocycles. The van der Waals surface area contributed by atoms with Crippen LogP contribution in [0.15, 0.2) is 84.0 Å². The molecule has 1 aliphatic heterocycles. The maximum Gasteiger partial charge on any atom is 0.331 e. The van der Waals surface area contributed by atoms with Crippen LogP contribution < -0.4 is 20.5 Å². The number of likely N-dealkylation sites (tertiary alicyclic amines) is 1. The summed E-state index contributed by atoms with van der Waals surface area (Å²) in [5.74, 6) is -2.91. The molecule has 3 aromatic carbocycles. The van der Waals surface area contributed by atoms with E-state index < -0.39 is 47.9 Å². The van der Waals surface area contributed by atoms with Crippen LogP contribution in [-0.2, 0) is 25.8 Å². The summed E-state index contributed by atoms with van der Waals surface area (Å²) >= 11 is 0. The highest BCUT2D eigenvalue weighted by atomic mass is 16.5. The molecule has 3 aromatic rings. The molecule has 0 bridgehead atoms. The molecule has 13 heteroatoms. The van der Waals surface area contributed by atoms with E-state index in [0.29, 0.717) is 23.7 Å². The Morgan fingerprint density at radius 1 is 0.907 bits per heavy atom. The molecule has 4 rings (SSSR count). The van der Waals surface area contributed by atoms with Crippen molar-refractivity contribution >= 4 is 23.8 Å². The van der Waals surface area contributed by atoms with E-state index in [1.165, 1.54) is 24.3 Å². The summed E-state index contributed by atoms with van der Waals surface area (Å²) < 4.78 is 11.2. The Hall–Kier alpha value is -5.30. The van der Waals surface area contributed by atoms with Crippen LogP contribution in [0.5, 0.6) is 11.5 Å². The summed E-state index contributed by atoms with van der Waals surface area (Å²) in [5.41, 5.74) is 7.00. The molecule has 2 amide bonds. The number of β-lactam (4-membered cyclic amide) rings is 1. The van der Waals surface area contributed by atoms with E-state index in [4.69, 9.17) is 20.3 Å². The molecule has 1 heterocycles. The van der Waals surface area contributed by atoms with Crippen LogP contribution in [-0.4, -0.2) is 64.1 Å². The van der Waals surface area contributed by atoms with E-state index in [1.54, 1.807) is 24.3 Å². The molecular weight excluding hydrogens is 560 g/mol. The van der Waals surface area contributed by atoms with Crippen molar-refractivity contribution in [3.63, 3.8) is 0 Å². The van der Waals surface area contributed by atoms with Gasteiger partial charge in [0.05, 0.1) is 13.2 Å². The highest BCUT2D eigenvalue weighted by Gasteiger charge is 2.45. The lowest BCUT2D eigenvalue weighted by molar-refractivity contribution is -0.160. The number of amides is 2. The van der Waals surface area contributed by atoms with Gasteiger partial charge in [0, 0.05) is 6.42 Å². The number of rotatable bonds is 15. The Morgan fingerprint density at radius 3 is 2.07 bits per heavy atom. The number of carbonyl (C=O) groups is 4. The van der Waals surface area contributed by atoms with Gasteiger partial charge >= 0.3 is 11.9 Å². The summed E-state index contributed by atoms with van der Waals surface area (Å²) in [4.78, 5) is 61.2. The van der Waals surface area contributed by atoms with Gasteiger partial charge < -0.3 is 35.6 Å². The zero-order chi connectivity index (χ0) is 30.9. The van der Waals surface area contributed by atoms with Crippen molar-refractivity contribution in [3.8, 4) is 11.5 Å². The number of nitrogens with zero attached hydrogens (tertiary/aromatic N) is 2. The number of nitroso groups, excluding NO2 is 1. The number of benzene rings is 3. The van der Waals surface area contributed by atoms with Crippen LogP contribution in [0.1, 0.15) is 35.2 Å². The normalized spacial score (nSPS) is 16.3. The lowest BCUT2D eigenvalue weighted by atomic mass is 9.97. The van der Waals surface area contributed by atoms with E-state index >= 15 is 0 Å². The third-order valence-electron chi connectivity index (χ3n) is 6.83. The Balaban J connectivity index is 1.31. The zero-order valence-electron chi connectivity index (χ0n) is 22.9. The highest BCUT2D eigenvalue weighted by Crippen LogP contribution is 2.30. The second-order valence-electron chi connectivity index (χ2n) is 9.79. The van der Waals surface area contributed by atoms with E-state index in [-0.39, 0.29) is 25.1 Å². The number of aliphatic carboxylic acids is 2. The number of ether oxygens (including phenoxy) is 2. The third kappa shape index (κ3) is 7.71. The molecule has 1 saturated heterocycles. The van der Waals surface area contributed by atoms with Crippen molar-refractivity contribution in [2.45, 2.75) is 37.2 Å². The molecule has 43 heavy (non-hydrogen) atoms. The number of nitrogens with two attached hydrogens (primary N) is 1. The van der Waals surface area contributed by atoms with Gasteiger partial charge in [-0.25, -0.2) is 4.79 Å². The Bertz CT molecular complexity index is 1450. The van der Waals surface area contributed by atoms with Gasteiger partial charge in [0.1, 0.15) is 30.2 Å². The standard InChI is InChI=1S/C30H30N4O9/c31-23(29(37)38)14-15-42-21-10-6-19(7-11-21)25(33-41)27(35)32-24-16-34(28(24)36)26(30(39)40)20-8-12-22(13-9-20)43-17-18-4-2-1-3-5-18/h1-13,23-26H,14-17,31H2,(H,32,35)(H,37,38)(H,39,40). The maximum atomic E-state index is 12.9. The summed E-state index contributed by atoms with van der Waals surface area (Å²) in [6.45, 7) is 0.309. The van der Waals surface area contributed by atoms with Gasteiger partial charge in [-0.05, 0) is 41.0 Å². The van der Waals surface area contributed by atoms with E-state index in [9.17, 15) is 29.2 Å². The molecule has 13 nitrogen and oxygen atoms in total. The second-order valence-corrected chi connectivity index (χ2v) is 9.79. The number of carboxylic acid groups (broad SMARTS) is 2. The van der Waals surface area contributed by atoms with Crippen molar-refractivity contribution in [3.05, 3.63) is 100 Å². The number of hydrogen-bond donors (Lipinski definition) is 4. The molecule has 4 atom stereocenters. The fourth-order valence-electron chi connectivity index (χ4n) is 4.42. The Morgan fingerprint density at radius 2 is 1.51 bits per heavy atom. The van der Waals surface area contributed by atoms with Crippen LogP contribution in [0.25, 0.3) is 0 Å². The molecule has 1 fully saturated rings. The summed E-state index contributed by atoms with van der Waals surface area (Å²) in [6, 6.07) is 17.0. The first kappa shape index (κ1) is 30.7.